The van der Waals surface area contributed by atoms with Crippen molar-refractivity contribution in [2.45, 2.75) is 6.54 Å². The first kappa shape index (κ1) is 27.5. The normalized spacial score (nSPS) is 10.4. The van der Waals surface area contributed by atoms with Gasteiger partial charge in [-0.05, 0) is 65.7 Å². The highest BCUT2D eigenvalue weighted by Gasteiger charge is 2.12. The molecule has 3 rings (SSSR count). The fourth-order valence-corrected chi connectivity index (χ4v) is 3.12. The number of methoxy groups -OCH3 is 3. The van der Waals surface area contributed by atoms with Crippen LogP contribution < -0.4 is 35.0 Å². The van der Waals surface area contributed by atoms with Gasteiger partial charge in [0.15, 0.2) is 18.1 Å². The van der Waals surface area contributed by atoms with Gasteiger partial charge in [0.05, 0.1) is 27.5 Å². The van der Waals surface area contributed by atoms with Crippen molar-refractivity contribution >= 4 is 29.6 Å². The van der Waals surface area contributed by atoms with Crippen molar-refractivity contribution in [2.75, 3.05) is 33.3 Å². The van der Waals surface area contributed by atoms with Crippen LogP contribution >= 0.6 is 0 Å². The van der Waals surface area contributed by atoms with E-state index in [-0.39, 0.29) is 19.1 Å². The third-order valence-electron chi connectivity index (χ3n) is 5.12. The Hall–Kier alpha value is -5.06. The van der Waals surface area contributed by atoms with E-state index >= 15 is 0 Å². The molecule has 0 radical (unpaired) electrons. The molecule has 0 aliphatic heterocycles. The Morgan fingerprint density at radius 3 is 2.08 bits per heavy atom. The van der Waals surface area contributed by atoms with E-state index in [0.717, 1.165) is 5.56 Å². The number of amides is 3. The first-order valence-corrected chi connectivity index (χ1v) is 11.4. The quantitative estimate of drug-likeness (QED) is 0.201. The predicted octanol–water partition coefficient (Wildman–Crippen LogP) is 2.50. The second-order valence-electron chi connectivity index (χ2n) is 7.71. The van der Waals surface area contributed by atoms with Gasteiger partial charge in [0.2, 0.25) is 0 Å². The average molecular weight is 521 g/mol. The minimum atomic E-state index is -0.912. The van der Waals surface area contributed by atoms with Gasteiger partial charge in [-0.25, -0.2) is 5.43 Å². The second kappa shape index (κ2) is 13.9. The van der Waals surface area contributed by atoms with Crippen LogP contribution in [0.2, 0.25) is 0 Å². The van der Waals surface area contributed by atoms with E-state index in [0.29, 0.717) is 34.2 Å². The van der Waals surface area contributed by atoms with E-state index in [1.807, 2.05) is 0 Å². The number of hydrazone groups is 1. The third-order valence-corrected chi connectivity index (χ3v) is 5.12. The number of nitrogens with zero attached hydrogens (tertiary/aromatic N) is 1. The summed E-state index contributed by atoms with van der Waals surface area (Å²) in [5.74, 6) is -0.0161. The maximum atomic E-state index is 12.2. The van der Waals surface area contributed by atoms with Gasteiger partial charge in [0, 0.05) is 12.2 Å². The Labute approximate surface area is 219 Å². The maximum Gasteiger partial charge on any atom is 0.329 e. The van der Waals surface area contributed by atoms with Gasteiger partial charge < -0.3 is 29.6 Å². The minimum Gasteiger partial charge on any atom is -0.497 e. The summed E-state index contributed by atoms with van der Waals surface area (Å²) in [5, 5.41) is 9.04. The zero-order valence-corrected chi connectivity index (χ0v) is 21.1. The average Bonchev–Trinajstić information content (AvgIpc) is 2.95. The molecule has 0 spiro atoms. The molecule has 3 aromatic rings. The van der Waals surface area contributed by atoms with Crippen LogP contribution in [0.1, 0.15) is 11.1 Å². The molecular weight excluding hydrogens is 492 g/mol. The summed E-state index contributed by atoms with van der Waals surface area (Å²) in [4.78, 5) is 36.2. The van der Waals surface area contributed by atoms with E-state index in [4.69, 9.17) is 18.9 Å². The number of hydrogen-bond acceptors (Lipinski definition) is 8. The van der Waals surface area contributed by atoms with E-state index in [1.54, 1.807) is 80.9 Å². The van der Waals surface area contributed by atoms with E-state index in [9.17, 15) is 14.4 Å². The summed E-state index contributed by atoms with van der Waals surface area (Å²) < 4.78 is 21.1. The summed E-state index contributed by atoms with van der Waals surface area (Å²) >= 11 is 0. The van der Waals surface area contributed by atoms with E-state index < -0.39 is 11.8 Å². The Balaban J connectivity index is 1.47. The molecule has 0 saturated heterocycles. The van der Waals surface area contributed by atoms with Crippen molar-refractivity contribution in [3.63, 3.8) is 0 Å². The second-order valence-corrected chi connectivity index (χ2v) is 7.71. The van der Waals surface area contributed by atoms with Gasteiger partial charge in [-0.2, -0.15) is 5.10 Å². The number of nitrogens with one attached hydrogen (secondary N) is 3. The predicted molar refractivity (Wildman–Crippen MR) is 141 cm³/mol. The lowest BCUT2D eigenvalue weighted by atomic mass is 10.2. The summed E-state index contributed by atoms with van der Waals surface area (Å²) in [6, 6.07) is 18.8. The molecule has 11 nitrogen and oxygen atoms in total. The van der Waals surface area contributed by atoms with Crippen LogP contribution in [0, 0.1) is 0 Å². The Morgan fingerprint density at radius 2 is 1.45 bits per heavy atom. The molecule has 0 aromatic heterocycles. The molecule has 0 unspecified atom stereocenters. The van der Waals surface area contributed by atoms with Crippen molar-refractivity contribution in [2.24, 2.45) is 5.10 Å². The van der Waals surface area contributed by atoms with Crippen molar-refractivity contribution < 1.29 is 33.3 Å². The number of benzene rings is 3. The molecule has 0 bridgehead atoms. The summed E-state index contributed by atoms with van der Waals surface area (Å²) in [6.45, 7) is -0.0612. The fraction of sp³-hybridized carbons (Fsp3) is 0.185. The highest BCUT2D eigenvalue weighted by Crippen LogP contribution is 2.27. The number of carbonyl (C=O) groups is 3. The van der Waals surface area contributed by atoms with Crippen LogP contribution in [0.15, 0.2) is 71.8 Å². The monoisotopic (exact) mass is 520 g/mol. The number of hydrogen-bond donors (Lipinski definition) is 3. The first-order valence-electron chi connectivity index (χ1n) is 11.4. The van der Waals surface area contributed by atoms with Crippen LogP contribution in [0.5, 0.6) is 23.0 Å². The molecule has 3 amide bonds. The van der Waals surface area contributed by atoms with Crippen LogP contribution in [-0.4, -0.2) is 51.9 Å². The van der Waals surface area contributed by atoms with Crippen LogP contribution in [0.3, 0.4) is 0 Å². The lowest BCUT2D eigenvalue weighted by Crippen LogP contribution is -2.37. The molecular formula is C27H28N4O7. The highest BCUT2D eigenvalue weighted by atomic mass is 16.5. The van der Waals surface area contributed by atoms with Crippen LogP contribution in [-0.2, 0) is 20.9 Å². The van der Waals surface area contributed by atoms with Gasteiger partial charge in [-0.1, -0.05) is 12.1 Å². The standard InChI is InChI=1S/C27H28N4O7/c1-35-21-9-4-18(5-10-21)15-28-26(33)27(34)31-29-16-19-6-13-23(24(14-19)37-3)38-17-25(32)30-20-7-11-22(36-2)12-8-20/h4-14,16H,15,17H2,1-3H3,(H,28,33)(H,30,32)(H,31,34)/b29-16-. The smallest absolute Gasteiger partial charge is 0.329 e. The molecule has 0 aliphatic rings. The van der Waals surface area contributed by atoms with Crippen molar-refractivity contribution in [1.82, 2.24) is 10.7 Å². The Morgan fingerprint density at radius 1 is 0.789 bits per heavy atom. The molecule has 198 valence electrons. The van der Waals surface area contributed by atoms with Gasteiger partial charge in [-0.15, -0.1) is 0 Å². The molecule has 3 N–H and O–H groups in total. The maximum absolute atomic E-state index is 12.2. The molecule has 11 heteroatoms. The largest absolute Gasteiger partial charge is 0.497 e. The zero-order valence-electron chi connectivity index (χ0n) is 21.1. The van der Waals surface area contributed by atoms with Crippen molar-refractivity contribution in [3.8, 4) is 23.0 Å². The summed E-state index contributed by atoms with van der Waals surface area (Å²) in [5.41, 5.74) is 4.15. The van der Waals surface area contributed by atoms with Crippen molar-refractivity contribution in [1.29, 1.82) is 0 Å². The summed E-state index contributed by atoms with van der Waals surface area (Å²) in [6.07, 6.45) is 1.34. The van der Waals surface area contributed by atoms with E-state index in [1.165, 1.54) is 13.3 Å². The van der Waals surface area contributed by atoms with Crippen LogP contribution in [0.4, 0.5) is 5.69 Å². The summed E-state index contributed by atoms with van der Waals surface area (Å²) in [7, 11) is 4.58. The molecule has 0 saturated carbocycles. The molecule has 0 heterocycles. The molecule has 0 atom stereocenters. The lowest BCUT2D eigenvalue weighted by Gasteiger charge is -2.11. The molecule has 0 aliphatic carbocycles. The Kier molecular flexibility index (Phi) is 10.1. The number of ether oxygens (including phenoxy) is 4. The topological polar surface area (TPSA) is 137 Å². The van der Waals surface area contributed by atoms with Gasteiger partial charge in [-0.3, -0.25) is 14.4 Å². The van der Waals surface area contributed by atoms with Crippen molar-refractivity contribution in [3.05, 3.63) is 77.9 Å². The molecule has 0 fully saturated rings. The first-order chi connectivity index (χ1) is 18.4. The van der Waals surface area contributed by atoms with Gasteiger partial charge >= 0.3 is 11.8 Å². The molecule has 3 aromatic carbocycles. The number of carbonyl (C=O) groups excluding carboxylic acids is 3. The Bertz CT molecular complexity index is 1280. The van der Waals surface area contributed by atoms with E-state index in [2.05, 4.69) is 21.2 Å². The minimum absolute atomic E-state index is 0.177. The van der Waals surface area contributed by atoms with Gasteiger partial charge in [0.1, 0.15) is 11.5 Å². The van der Waals surface area contributed by atoms with Gasteiger partial charge in [0.25, 0.3) is 5.91 Å². The number of rotatable bonds is 11. The van der Waals surface area contributed by atoms with Crippen LogP contribution in [0.25, 0.3) is 0 Å². The lowest BCUT2D eigenvalue weighted by molar-refractivity contribution is -0.139. The highest BCUT2D eigenvalue weighted by molar-refractivity contribution is 6.35. The zero-order chi connectivity index (χ0) is 27.3. The molecule has 38 heavy (non-hydrogen) atoms. The number of anilines is 1. The SMILES string of the molecule is COc1ccc(CNC(=O)C(=O)N/N=C\c2ccc(OCC(=O)Nc3ccc(OC)cc3)c(OC)c2)cc1. The third kappa shape index (κ3) is 8.26. The fourth-order valence-electron chi connectivity index (χ4n) is 3.12.